The molecule has 116 valence electrons. The lowest BCUT2D eigenvalue weighted by Gasteiger charge is -2.20. The molecule has 1 saturated heterocycles. The predicted molar refractivity (Wildman–Crippen MR) is 76.0 cm³/mol. The quantitative estimate of drug-likeness (QED) is 0.914. The average Bonchev–Trinajstić information content (AvgIpc) is 2.79. The Kier molecular flexibility index (Phi) is 4.28. The summed E-state index contributed by atoms with van der Waals surface area (Å²) in [5.41, 5.74) is -0.696. The molecule has 1 aromatic rings. The summed E-state index contributed by atoms with van der Waals surface area (Å²) < 4.78 is 38.8. The van der Waals surface area contributed by atoms with E-state index in [1.54, 1.807) is 0 Å². The van der Waals surface area contributed by atoms with Gasteiger partial charge in [-0.3, -0.25) is 4.79 Å². The van der Waals surface area contributed by atoms with Crippen LogP contribution in [-0.2, 0) is 20.6 Å². The maximum atomic E-state index is 13.1. The molecule has 1 fully saturated rings. The molecule has 0 aliphatic carbocycles. The summed E-state index contributed by atoms with van der Waals surface area (Å²) in [6.45, 7) is 1.64. The number of rotatable bonds is 4. The Morgan fingerprint density at radius 2 is 2.19 bits per heavy atom. The first-order valence-electron chi connectivity index (χ1n) is 6.29. The topological polar surface area (TPSA) is 74.7 Å². The summed E-state index contributed by atoms with van der Waals surface area (Å²) in [5, 5.41) is 8.99. The van der Waals surface area contributed by atoms with Crippen molar-refractivity contribution in [1.29, 1.82) is 0 Å². The van der Waals surface area contributed by atoms with Gasteiger partial charge >= 0.3 is 5.97 Å². The van der Waals surface area contributed by atoms with E-state index in [0.29, 0.717) is 5.56 Å². The predicted octanol–water partition coefficient (Wildman–Crippen LogP) is 2.11. The summed E-state index contributed by atoms with van der Waals surface area (Å²) in [5.74, 6) is -1.95. The monoisotopic (exact) mass is 335 g/mol. The van der Waals surface area contributed by atoms with Crippen molar-refractivity contribution in [2.75, 3.05) is 13.1 Å². The van der Waals surface area contributed by atoms with E-state index in [-0.39, 0.29) is 30.3 Å². The highest BCUT2D eigenvalue weighted by Gasteiger charge is 2.44. The van der Waals surface area contributed by atoms with Gasteiger partial charge in [0.25, 0.3) is 0 Å². The first kappa shape index (κ1) is 16.2. The minimum atomic E-state index is -3.66. The lowest BCUT2D eigenvalue weighted by Crippen LogP contribution is -2.35. The third-order valence-electron chi connectivity index (χ3n) is 3.68. The molecular weight excluding hydrogens is 321 g/mol. The third kappa shape index (κ3) is 3.36. The van der Waals surface area contributed by atoms with E-state index < -0.39 is 27.2 Å². The fraction of sp³-hybridized carbons (Fsp3) is 0.462. The molecule has 1 heterocycles. The summed E-state index contributed by atoms with van der Waals surface area (Å²) in [6, 6.07) is 3.73. The Labute approximate surface area is 127 Å². The molecule has 21 heavy (non-hydrogen) atoms. The van der Waals surface area contributed by atoms with E-state index in [9.17, 15) is 17.6 Å². The normalized spacial score (nSPS) is 23.4. The van der Waals surface area contributed by atoms with Gasteiger partial charge in [-0.2, -0.15) is 0 Å². The van der Waals surface area contributed by atoms with Crippen LogP contribution in [0, 0.1) is 11.2 Å². The zero-order valence-corrected chi connectivity index (χ0v) is 12.9. The molecule has 1 atom stereocenters. The van der Waals surface area contributed by atoms with Crippen molar-refractivity contribution in [2.24, 2.45) is 5.41 Å². The number of hydrogen-bond acceptors (Lipinski definition) is 3. The van der Waals surface area contributed by atoms with Crippen LogP contribution < -0.4 is 0 Å². The van der Waals surface area contributed by atoms with Gasteiger partial charge in [0.2, 0.25) is 10.0 Å². The molecule has 0 radical (unpaired) electrons. The fourth-order valence-electron chi connectivity index (χ4n) is 2.26. The highest BCUT2D eigenvalue weighted by Crippen LogP contribution is 2.32. The van der Waals surface area contributed by atoms with Gasteiger partial charge in [0, 0.05) is 13.1 Å². The first-order chi connectivity index (χ1) is 9.64. The number of carbonyl (C=O) groups is 1. The molecule has 5 nitrogen and oxygen atoms in total. The van der Waals surface area contributed by atoms with E-state index in [0.717, 1.165) is 6.07 Å². The van der Waals surface area contributed by atoms with Crippen LogP contribution in [0.2, 0.25) is 5.02 Å². The minimum absolute atomic E-state index is 0.0560. The second-order valence-corrected chi connectivity index (χ2v) is 7.83. The van der Waals surface area contributed by atoms with Gasteiger partial charge in [0.15, 0.2) is 0 Å². The number of nitrogens with zero attached hydrogens (tertiary/aromatic N) is 1. The highest BCUT2D eigenvalue weighted by molar-refractivity contribution is 7.88. The van der Waals surface area contributed by atoms with Gasteiger partial charge in [0.05, 0.1) is 16.2 Å². The first-order valence-corrected chi connectivity index (χ1v) is 8.28. The van der Waals surface area contributed by atoms with Crippen LogP contribution in [0.25, 0.3) is 0 Å². The third-order valence-corrected chi connectivity index (χ3v) is 5.77. The van der Waals surface area contributed by atoms with Crippen molar-refractivity contribution in [3.8, 4) is 0 Å². The van der Waals surface area contributed by atoms with Crippen molar-refractivity contribution in [3.05, 3.63) is 34.6 Å². The van der Waals surface area contributed by atoms with Crippen LogP contribution in [0.1, 0.15) is 18.9 Å². The Hall–Kier alpha value is -1.18. The van der Waals surface area contributed by atoms with Crippen LogP contribution in [0.3, 0.4) is 0 Å². The van der Waals surface area contributed by atoms with Crippen molar-refractivity contribution < 1.29 is 22.7 Å². The molecule has 0 spiro atoms. The zero-order valence-electron chi connectivity index (χ0n) is 11.3. The van der Waals surface area contributed by atoms with Crippen LogP contribution in [0.4, 0.5) is 4.39 Å². The molecule has 0 saturated carbocycles. The summed E-state index contributed by atoms with van der Waals surface area (Å²) in [7, 11) is -3.66. The molecule has 0 bridgehead atoms. The zero-order chi connectivity index (χ0) is 15.8. The van der Waals surface area contributed by atoms with Gasteiger partial charge in [-0.1, -0.05) is 17.7 Å². The van der Waals surface area contributed by atoms with Crippen molar-refractivity contribution >= 4 is 27.6 Å². The molecule has 1 aliphatic heterocycles. The molecule has 8 heteroatoms. The molecule has 0 aromatic heterocycles. The lowest BCUT2D eigenvalue weighted by molar-refractivity contribution is -0.146. The minimum Gasteiger partial charge on any atom is -0.481 e. The van der Waals surface area contributed by atoms with Crippen molar-refractivity contribution in [1.82, 2.24) is 4.31 Å². The number of benzene rings is 1. The number of halogens is 2. The second kappa shape index (κ2) is 5.55. The van der Waals surface area contributed by atoms with Crippen LogP contribution in [-0.4, -0.2) is 36.9 Å². The van der Waals surface area contributed by atoms with E-state index in [1.807, 2.05) is 0 Å². The molecule has 1 aliphatic rings. The van der Waals surface area contributed by atoms with E-state index >= 15 is 0 Å². The summed E-state index contributed by atoms with van der Waals surface area (Å²) in [4.78, 5) is 11.2. The van der Waals surface area contributed by atoms with Gasteiger partial charge in [-0.15, -0.1) is 0 Å². The number of aliphatic carboxylic acids is 1. The SMILES string of the molecule is CC1(C(=O)O)CCN(S(=O)(=O)Cc2ccc(F)c(Cl)c2)C1. The maximum Gasteiger partial charge on any atom is 0.310 e. The fourth-order valence-corrected chi connectivity index (χ4v) is 4.10. The molecule has 1 aromatic carbocycles. The number of carboxylic acid groups (broad SMARTS) is 1. The van der Waals surface area contributed by atoms with Gasteiger partial charge in [-0.25, -0.2) is 17.1 Å². The van der Waals surface area contributed by atoms with E-state index in [4.69, 9.17) is 16.7 Å². The molecule has 2 rings (SSSR count). The lowest BCUT2D eigenvalue weighted by atomic mass is 9.90. The van der Waals surface area contributed by atoms with Crippen LogP contribution in [0.5, 0.6) is 0 Å². The Bertz CT molecular complexity index is 679. The number of hydrogen-bond donors (Lipinski definition) is 1. The Balaban J connectivity index is 2.16. The van der Waals surface area contributed by atoms with Crippen molar-refractivity contribution in [2.45, 2.75) is 19.1 Å². The second-order valence-electron chi connectivity index (χ2n) is 5.45. The number of carboxylic acids is 1. The Morgan fingerprint density at radius 1 is 1.52 bits per heavy atom. The van der Waals surface area contributed by atoms with Gasteiger partial charge < -0.3 is 5.11 Å². The van der Waals surface area contributed by atoms with E-state index in [2.05, 4.69) is 0 Å². The van der Waals surface area contributed by atoms with E-state index in [1.165, 1.54) is 23.4 Å². The largest absolute Gasteiger partial charge is 0.481 e. The standard InChI is InChI=1S/C13H15ClFNO4S/c1-13(12(17)18)4-5-16(8-13)21(19,20)7-9-2-3-11(15)10(14)6-9/h2-3,6H,4-5,7-8H2,1H3,(H,17,18). The maximum absolute atomic E-state index is 13.1. The molecule has 0 amide bonds. The molecular formula is C13H15ClFNO4S. The number of sulfonamides is 1. The van der Waals surface area contributed by atoms with Gasteiger partial charge in [-0.05, 0) is 31.0 Å². The van der Waals surface area contributed by atoms with Crippen LogP contribution in [0.15, 0.2) is 18.2 Å². The van der Waals surface area contributed by atoms with Gasteiger partial charge in [0.1, 0.15) is 5.82 Å². The molecule has 1 N–H and O–H groups in total. The molecule has 1 unspecified atom stereocenters. The smallest absolute Gasteiger partial charge is 0.310 e. The average molecular weight is 336 g/mol. The van der Waals surface area contributed by atoms with Crippen molar-refractivity contribution in [3.63, 3.8) is 0 Å². The highest BCUT2D eigenvalue weighted by atomic mass is 35.5. The Morgan fingerprint density at radius 3 is 2.71 bits per heavy atom. The van der Waals surface area contributed by atoms with Crippen LogP contribution >= 0.6 is 11.6 Å². The summed E-state index contributed by atoms with van der Waals surface area (Å²) >= 11 is 5.63. The summed E-state index contributed by atoms with van der Waals surface area (Å²) in [6.07, 6.45) is 0.270.